The summed E-state index contributed by atoms with van der Waals surface area (Å²) in [6.45, 7) is 0. The summed E-state index contributed by atoms with van der Waals surface area (Å²) in [6.07, 6.45) is 0. The first-order valence-corrected chi connectivity index (χ1v) is 2.12. The molecule has 0 spiro atoms. The normalized spacial score (nSPS) is 10.3. The fourth-order valence-corrected chi connectivity index (χ4v) is 0. The Morgan fingerprint density at radius 2 is 1.83 bits per heavy atom. The van der Waals surface area contributed by atoms with Crippen LogP contribution in [-0.2, 0) is 0 Å². The van der Waals surface area contributed by atoms with Crippen molar-refractivity contribution in [2.45, 2.75) is 3.93 Å². The number of rotatable bonds is 0. The SMILES string of the molecule is N#CC(F)(F)I. The molecule has 0 fully saturated rings. The smallest absolute Gasteiger partial charge is 0.191 e. The summed E-state index contributed by atoms with van der Waals surface area (Å²) in [5, 5.41) is 7.40. The van der Waals surface area contributed by atoms with Gasteiger partial charge in [0.15, 0.2) is 0 Å². The maximum Gasteiger partial charge on any atom is 0.381 e. The van der Waals surface area contributed by atoms with Gasteiger partial charge in [0.25, 0.3) is 0 Å². The number of nitrogens with zero attached hydrogens (tertiary/aromatic N) is 1. The van der Waals surface area contributed by atoms with E-state index < -0.39 is 3.93 Å². The molecule has 6 heavy (non-hydrogen) atoms. The van der Waals surface area contributed by atoms with Crippen LogP contribution in [0.15, 0.2) is 0 Å². The average Bonchev–Trinajstić information content (AvgIpc) is 1.35. The van der Waals surface area contributed by atoms with Crippen LogP contribution in [0.25, 0.3) is 0 Å². The van der Waals surface area contributed by atoms with Crippen molar-refractivity contribution in [1.82, 2.24) is 0 Å². The Morgan fingerprint density at radius 1 is 1.67 bits per heavy atom. The lowest BCUT2D eigenvalue weighted by atomic mass is 10.8. The van der Waals surface area contributed by atoms with E-state index >= 15 is 0 Å². The Balaban J connectivity index is 3.55. The quantitative estimate of drug-likeness (QED) is 0.432. The first-order valence-electron chi connectivity index (χ1n) is 1.04. The number of halogens is 3. The molecular weight excluding hydrogens is 203 g/mol. The van der Waals surface area contributed by atoms with Crippen molar-refractivity contribution in [3.05, 3.63) is 0 Å². The minimum absolute atomic E-state index is 0.746. The van der Waals surface area contributed by atoms with E-state index in [0.29, 0.717) is 0 Å². The van der Waals surface area contributed by atoms with E-state index in [-0.39, 0.29) is 0 Å². The molecule has 0 aromatic carbocycles. The van der Waals surface area contributed by atoms with Gasteiger partial charge >= 0.3 is 3.93 Å². The van der Waals surface area contributed by atoms with Crippen LogP contribution in [0.4, 0.5) is 8.78 Å². The topological polar surface area (TPSA) is 23.8 Å². The van der Waals surface area contributed by atoms with E-state index in [1.165, 1.54) is 0 Å². The predicted molar refractivity (Wildman–Crippen MR) is 24.6 cm³/mol. The minimum atomic E-state index is -3.18. The molecule has 0 N–H and O–H groups in total. The molecule has 0 aromatic rings. The van der Waals surface area contributed by atoms with Gasteiger partial charge in [0.1, 0.15) is 6.07 Å². The standard InChI is InChI=1S/C2F2IN/c3-2(4,5)1-6. The van der Waals surface area contributed by atoms with Gasteiger partial charge in [-0.3, -0.25) is 0 Å². The largest absolute Gasteiger partial charge is 0.381 e. The zero-order valence-electron chi connectivity index (χ0n) is 2.58. The molecule has 4 heteroatoms. The Kier molecular flexibility index (Phi) is 1.71. The average molecular weight is 203 g/mol. The third kappa shape index (κ3) is 4.08. The zero-order chi connectivity index (χ0) is 5.21. The Bertz CT molecular complexity index is 78.5. The predicted octanol–water partition coefficient (Wildman–Crippen LogP) is 1.54. The summed E-state index contributed by atoms with van der Waals surface area (Å²) in [5.74, 6) is 0. The maximum absolute atomic E-state index is 11.1. The summed E-state index contributed by atoms with van der Waals surface area (Å²) in [5.41, 5.74) is 0. The number of alkyl halides is 3. The van der Waals surface area contributed by atoms with Gasteiger partial charge in [0, 0.05) is 22.6 Å². The van der Waals surface area contributed by atoms with Crippen LogP contribution in [0.5, 0.6) is 0 Å². The molecule has 0 amide bonds. The molecule has 1 nitrogen and oxygen atoms in total. The lowest BCUT2D eigenvalue weighted by Gasteiger charge is -1.87. The third-order valence-electron chi connectivity index (χ3n) is 0.127. The second-order valence-electron chi connectivity index (χ2n) is 0.610. The van der Waals surface area contributed by atoms with E-state index in [0.717, 1.165) is 28.7 Å². The summed E-state index contributed by atoms with van der Waals surface area (Å²) in [6, 6.07) is 0.757. The van der Waals surface area contributed by atoms with Crippen molar-refractivity contribution in [3.8, 4) is 6.07 Å². The van der Waals surface area contributed by atoms with Crippen LogP contribution >= 0.6 is 22.6 Å². The highest BCUT2D eigenvalue weighted by atomic mass is 127. The van der Waals surface area contributed by atoms with Crippen molar-refractivity contribution in [2.24, 2.45) is 0 Å². The fourth-order valence-electron chi connectivity index (χ4n) is 0. The van der Waals surface area contributed by atoms with Gasteiger partial charge in [0.2, 0.25) is 0 Å². The second-order valence-corrected chi connectivity index (χ2v) is 1.96. The van der Waals surface area contributed by atoms with E-state index in [1.807, 2.05) is 0 Å². The first kappa shape index (κ1) is 6.08. The van der Waals surface area contributed by atoms with Gasteiger partial charge in [-0.2, -0.15) is 14.0 Å². The molecule has 34 valence electrons. The fraction of sp³-hybridized carbons (Fsp3) is 0.500. The lowest BCUT2D eigenvalue weighted by Crippen LogP contribution is -1.96. The molecule has 0 unspecified atom stereocenters. The van der Waals surface area contributed by atoms with E-state index in [9.17, 15) is 8.78 Å². The lowest BCUT2D eigenvalue weighted by molar-refractivity contribution is 0.192. The Labute approximate surface area is 47.1 Å². The van der Waals surface area contributed by atoms with Gasteiger partial charge in [0.05, 0.1) is 0 Å². The van der Waals surface area contributed by atoms with Crippen molar-refractivity contribution in [3.63, 3.8) is 0 Å². The summed E-state index contributed by atoms with van der Waals surface area (Å²) in [7, 11) is 0. The molecule has 0 aliphatic rings. The van der Waals surface area contributed by atoms with Crippen LogP contribution < -0.4 is 0 Å². The van der Waals surface area contributed by atoms with Crippen molar-refractivity contribution in [1.29, 1.82) is 5.26 Å². The highest BCUT2D eigenvalue weighted by Crippen LogP contribution is 2.19. The van der Waals surface area contributed by atoms with E-state index in [2.05, 4.69) is 0 Å². The van der Waals surface area contributed by atoms with Crippen LogP contribution in [0.2, 0.25) is 0 Å². The van der Waals surface area contributed by atoms with Crippen molar-refractivity contribution in [2.75, 3.05) is 0 Å². The highest BCUT2D eigenvalue weighted by molar-refractivity contribution is 14.1. The zero-order valence-corrected chi connectivity index (χ0v) is 4.74. The Hall–Kier alpha value is 0.0800. The van der Waals surface area contributed by atoms with Gasteiger partial charge in [-0.25, -0.2) is 0 Å². The molecule has 0 saturated heterocycles. The van der Waals surface area contributed by atoms with E-state index in [1.54, 1.807) is 0 Å². The molecule has 0 bridgehead atoms. The summed E-state index contributed by atoms with van der Waals surface area (Å²) >= 11 is 0.746. The molecule has 0 aromatic heterocycles. The van der Waals surface area contributed by atoms with Gasteiger partial charge in [-0.1, -0.05) is 0 Å². The molecule has 0 radical (unpaired) electrons. The van der Waals surface area contributed by atoms with Crippen LogP contribution in [0.3, 0.4) is 0 Å². The molecule has 0 atom stereocenters. The minimum Gasteiger partial charge on any atom is -0.191 e. The van der Waals surface area contributed by atoms with Gasteiger partial charge in [-0.05, 0) is 0 Å². The van der Waals surface area contributed by atoms with Gasteiger partial charge < -0.3 is 0 Å². The maximum atomic E-state index is 11.1. The van der Waals surface area contributed by atoms with Crippen molar-refractivity contribution >= 4 is 22.6 Å². The molecule has 0 saturated carbocycles. The number of hydrogen-bond acceptors (Lipinski definition) is 1. The Morgan fingerprint density at radius 3 is 1.83 bits per heavy atom. The summed E-state index contributed by atoms with van der Waals surface area (Å²) in [4.78, 5) is 0. The highest BCUT2D eigenvalue weighted by Gasteiger charge is 2.20. The molecule has 0 rings (SSSR count). The molecule has 0 heterocycles. The van der Waals surface area contributed by atoms with Crippen LogP contribution in [0.1, 0.15) is 0 Å². The first-order chi connectivity index (χ1) is 2.56. The number of hydrogen-bond donors (Lipinski definition) is 0. The van der Waals surface area contributed by atoms with Crippen LogP contribution in [0, 0.1) is 11.3 Å². The number of nitriles is 1. The van der Waals surface area contributed by atoms with Crippen LogP contribution in [-0.4, -0.2) is 3.93 Å². The van der Waals surface area contributed by atoms with Gasteiger partial charge in [-0.15, -0.1) is 0 Å². The van der Waals surface area contributed by atoms with E-state index in [4.69, 9.17) is 5.26 Å². The van der Waals surface area contributed by atoms with Crippen molar-refractivity contribution < 1.29 is 8.78 Å². The molecular formula is C2F2IN. The molecule has 0 aliphatic heterocycles. The monoisotopic (exact) mass is 203 g/mol. The third-order valence-corrected chi connectivity index (χ3v) is 0.368. The second kappa shape index (κ2) is 1.69. The molecule has 0 aliphatic carbocycles. The summed E-state index contributed by atoms with van der Waals surface area (Å²) < 4.78 is 19.0.